The molecule has 0 saturated heterocycles. The molecule has 3 heteroatoms. The summed E-state index contributed by atoms with van der Waals surface area (Å²) in [6.45, 7) is 2.28. The van der Waals surface area contributed by atoms with Crippen LogP contribution >= 0.6 is 43.6 Å². The molecule has 0 bridgehead atoms. The number of thioether (sulfide) groups is 1. The van der Waals surface area contributed by atoms with E-state index in [1.54, 1.807) is 0 Å². The minimum atomic E-state index is 0.280. The van der Waals surface area contributed by atoms with Gasteiger partial charge in [-0.25, -0.2) is 0 Å². The first-order valence-corrected chi connectivity index (χ1v) is 8.24. The molecule has 2 rings (SSSR count). The Kier molecular flexibility index (Phi) is 3.61. The minimum Gasteiger partial charge on any atom is -0.152 e. The van der Waals surface area contributed by atoms with Gasteiger partial charge in [0.2, 0.25) is 0 Å². The van der Waals surface area contributed by atoms with E-state index in [4.69, 9.17) is 0 Å². The van der Waals surface area contributed by atoms with Gasteiger partial charge in [0.05, 0.1) is 3.23 Å². The number of rotatable bonds is 4. The first kappa shape index (κ1) is 11.8. The highest BCUT2D eigenvalue weighted by Crippen LogP contribution is 2.76. The van der Waals surface area contributed by atoms with Crippen molar-refractivity contribution in [1.29, 1.82) is 0 Å². The van der Waals surface area contributed by atoms with E-state index in [-0.39, 0.29) is 3.23 Å². The lowest BCUT2D eigenvalue weighted by Gasteiger charge is -2.21. The minimum absolute atomic E-state index is 0.280. The molecule has 0 aromatic heterocycles. The summed E-state index contributed by atoms with van der Waals surface area (Å²) in [6.07, 6.45) is 8.37. The monoisotopic (exact) mass is 340 g/mol. The number of alkyl halides is 2. The summed E-state index contributed by atoms with van der Waals surface area (Å²) < 4.78 is 0.822. The van der Waals surface area contributed by atoms with Crippen molar-refractivity contribution in [1.82, 2.24) is 0 Å². The standard InChI is InChI=1S/C11H18Br2S/c1-2-3-8-14-10-7-5-4-6-9(10)11(10,12)13/h9H,2-8H2,1H3. The fourth-order valence-corrected chi connectivity index (χ4v) is 7.47. The van der Waals surface area contributed by atoms with E-state index >= 15 is 0 Å². The summed E-state index contributed by atoms with van der Waals surface area (Å²) in [7, 11) is 0. The molecule has 2 saturated carbocycles. The molecule has 0 heterocycles. The molecule has 0 aromatic carbocycles. The molecular weight excluding hydrogens is 324 g/mol. The van der Waals surface area contributed by atoms with Crippen LogP contribution in [0.3, 0.4) is 0 Å². The fraction of sp³-hybridized carbons (Fsp3) is 1.00. The molecular formula is C11H18Br2S. The van der Waals surface area contributed by atoms with E-state index in [9.17, 15) is 0 Å². The van der Waals surface area contributed by atoms with Crippen molar-refractivity contribution in [3.63, 3.8) is 0 Å². The van der Waals surface area contributed by atoms with Crippen LogP contribution in [0.15, 0.2) is 0 Å². The highest BCUT2D eigenvalue weighted by molar-refractivity contribution is 9.25. The zero-order chi connectivity index (χ0) is 10.2. The summed E-state index contributed by atoms with van der Waals surface area (Å²) in [4.78, 5) is 0. The van der Waals surface area contributed by atoms with Crippen molar-refractivity contribution in [3.05, 3.63) is 0 Å². The second-order valence-corrected chi connectivity index (χ2v) is 9.50. The lowest BCUT2D eigenvalue weighted by atomic mass is 10.0. The van der Waals surface area contributed by atoms with Crippen LogP contribution in [0, 0.1) is 5.92 Å². The Morgan fingerprint density at radius 3 is 2.79 bits per heavy atom. The van der Waals surface area contributed by atoms with Crippen molar-refractivity contribution < 1.29 is 0 Å². The van der Waals surface area contributed by atoms with Gasteiger partial charge in [-0.3, -0.25) is 0 Å². The van der Waals surface area contributed by atoms with Gasteiger partial charge in [0.1, 0.15) is 0 Å². The quantitative estimate of drug-likeness (QED) is 0.515. The summed E-state index contributed by atoms with van der Waals surface area (Å²) in [6, 6.07) is 0. The van der Waals surface area contributed by atoms with E-state index in [1.807, 2.05) is 0 Å². The maximum Gasteiger partial charge on any atom is 0.0996 e. The van der Waals surface area contributed by atoms with Crippen LogP contribution in [0.1, 0.15) is 45.4 Å². The summed E-state index contributed by atoms with van der Waals surface area (Å²) in [5, 5.41) is 0. The number of fused-ring (bicyclic) bond motifs is 1. The third kappa shape index (κ3) is 1.71. The van der Waals surface area contributed by atoms with Crippen LogP contribution in [0.5, 0.6) is 0 Å². The summed E-state index contributed by atoms with van der Waals surface area (Å²) >= 11 is 9.98. The van der Waals surface area contributed by atoms with Gasteiger partial charge in [-0.05, 0) is 25.0 Å². The molecule has 2 aliphatic rings. The molecule has 0 aliphatic heterocycles. The Hall–Kier alpha value is 1.31. The predicted octanol–water partition coefficient (Wildman–Crippen LogP) is 4.95. The van der Waals surface area contributed by atoms with Crippen LogP contribution < -0.4 is 0 Å². The molecule has 2 aliphatic carbocycles. The van der Waals surface area contributed by atoms with E-state index in [0.29, 0.717) is 4.75 Å². The van der Waals surface area contributed by atoms with Crippen LogP contribution in [-0.4, -0.2) is 13.7 Å². The van der Waals surface area contributed by atoms with Crippen molar-refractivity contribution in [3.8, 4) is 0 Å². The predicted molar refractivity (Wildman–Crippen MR) is 72.6 cm³/mol. The van der Waals surface area contributed by atoms with Gasteiger partial charge in [-0.2, -0.15) is 11.8 Å². The lowest BCUT2D eigenvalue weighted by Crippen LogP contribution is -2.15. The number of hydrogen-bond acceptors (Lipinski definition) is 1. The Balaban J connectivity index is 1.93. The molecule has 0 radical (unpaired) electrons. The highest BCUT2D eigenvalue weighted by Gasteiger charge is 2.74. The molecule has 0 spiro atoms. The fourth-order valence-electron chi connectivity index (χ4n) is 2.67. The Bertz CT molecular complexity index is 217. The van der Waals surface area contributed by atoms with Gasteiger partial charge in [0.25, 0.3) is 0 Å². The maximum atomic E-state index is 3.88. The Labute approximate surface area is 108 Å². The average molecular weight is 342 g/mol. The zero-order valence-electron chi connectivity index (χ0n) is 8.69. The molecule has 2 atom stereocenters. The van der Waals surface area contributed by atoms with Gasteiger partial charge in [-0.15, -0.1) is 0 Å². The lowest BCUT2D eigenvalue weighted by molar-refractivity contribution is 0.503. The van der Waals surface area contributed by atoms with Crippen LogP contribution in [0.2, 0.25) is 0 Å². The van der Waals surface area contributed by atoms with Gasteiger partial charge in [-0.1, -0.05) is 58.0 Å². The van der Waals surface area contributed by atoms with Crippen LogP contribution in [0.25, 0.3) is 0 Å². The van der Waals surface area contributed by atoms with Gasteiger partial charge < -0.3 is 0 Å². The smallest absolute Gasteiger partial charge is 0.0996 e. The highest BCUT2D eigenvalue weighted by atomic mass is 79.9. The summed E-state index contributed by atoms with van der Waals surface area (Å²) in [5.41, 5.74) is 0. The normalized spacial score (nSPS) is 39.2. The van der Waals surface area contributed by atoms with Gasteiger partial charge in [0, 0.05) is 10.7 Å². The summed E-state index contributed by atoms with van der Waals surface area (Å²) in [5.74, 6) is 2.22. The van der Waals surface area contributed by atoms with E-state index in [2.05, 4.69) is 50.5 Å². The topological polar surface area (TPSA) is 0 Å². The molecule has 0 N–H and O–H groups in total. The van der Waals surface area contributed by atoms with Gasteiger partial charge in [0.15, 0.2) is 0 Å². The number of unbranched alkanes of at least 4 members (excludes halogenated alkanes) is 1. The SMILES string of the molecule is CCCCSC12CCCCC1C2(Br)Br. The first-order valence-electron chi connectivity index (χ1n) is 5.67. The molecule has 2 fully saturated rings. The van der Waals surface area contributed by atoms with Crippen LogP contribution in [0.4, 0.5) is 0 Å². The molecule has 2 unspecified atom stereocenters. The molecule has 0 aromatic rings. The van der Waals surface area contributed by atoms with Crippen molar-refractivity contribution in [2.45, 2.75) is 53.4 Å². The van der Waals surface area contributed by atoms with Crippen molar-refractivity contribution in [2.75, 3.05) is 5.75 Å². The van der Waals surface area contributed by atoms with Crippen molar-refractivity contribution >= 4 is 43.6 Å². The molecule has 82 valence electrons. The maximum absolute atomic E-state index is 3.88. The number of halogens is 2. The van der Waals surface area contributed by atoms with E-state index < -0.39 is 0 Å². The zero-order valence-corrected chi connectivity index (χ0v) is 12.7. The van der Waals surface area contributed by atoms with Gasteiger partial charge >= 0.3 is 0 Å². The molecule has 0 amide bonds. The second-order valence-electron chi connectivity index (χ2n) is 4.51. The molecule has 14 heavy (non-hydrogen) atoms. The first-order chi connectivity index (χ1) is 6.65. The Morgan fingerprint density at radius 1 is 1.36 bits per heavy atom. The third-order valence-electron chi connectivity index (χ3n) is 3.63. The second kappa shape index (κ2) is 4.29. The van der Waals surface area contributed by atoms with Crippen molar-refractivity contribution in [2.24, 2.45) is 5.92 Å². The largest absolute Gasteiger partial charge is 0.152 e. The van der Waals surface area contributed by atoms with E-state index in [1.165, 1.54) is 44.3 Å². The molecule has 0 nitrogen and oxygen atoms in total. The van der Waals surface area contributed by atoms with E-state index in [0.717, 1.165) is 5.92 Å². The number of hydrogen-bond donors (Lipinski definition) is 0. The Morgan fingerprint density at radius 2 is 2.14 bits per heavy atom. The average Bonchev–Trinajstić information content (AvgIpc) is 2.66. The van der Waals surface area contributed by atoms with Crippen LogP contribution in [-0.2, 0) is 0 Å². The third-order valence-corrected chi connectivity index (χ3v) is 8.49.